The van der Waals surface area contributed by atoms with E-state index in [-0.39, 0.29) is 16.4 Å². The fourth-order valence-electron chi connectivity index (χ4n) is 1.51. The number of sulfonamides is 1. The number of halogens is 1. The smallest absolute Gasteiger partial charge is 0.240 e. The van der Waals surface area contributed by atoms with Crippen LogP contribution in [0.1, 0.15) is 33.3 Å². The molecule has 0 saturated carbocycles. The first-order valence-corrected chi connectivity index (χ1v) is 8.39. The van der Waals surface area contributed by atoms with E-state index >= 15 is 0 Å². The van der Waals surface area contributed by atoms with Gasteiger partial charge in [-0.1, -0.05) is 38.4 Å². The second kappa shape index (κ2) is 6.43. The van der Waals surface area contributed by atoms with Crippen molar-refractivity contribution in [2.45, 2.75) is 45.2 Å². The lowest BCUT2D eigenvalue weighted by Gasteiger charge is -2.27. The van der Waals surface area contributed by atoms with E-state index in [0.717, 1.165) is 5.56 Å². The number of hydrogen-bond acceptors (Lipinski definition) is 3. The third-order valence-electron chi connectivity index (χ3n) is 3.33. The zero-order valence-electron chi connectivity index (χ0n) is 12.6. The Morgan fingerprint density at radius 3 is 2.35 bits per heavy atom. The standard InChI is InChI=1S/C14H23ClN2O2S/c1-10(14(2,3)4)17-20(18,19)12-7-6-11(9-16-5)13(15)8-12/h6-8,10,16-17H,9H2,1-5H3. The van der Waals surface area contributed by atoms with Gasteiger partial charge in [-0.15, -0.1) is 0 Å². The normalized spacial score (nSPS) is 14.3. The molecule has 0 heterocycles. The molecule has 20 heavy (non-hydrogen) atoms. The Kier molecular flexibility index (Phi) is 5.61. The van der Waals surface area contributed by atoms with Gasteiger partial charge >= 0.3 is 0 Å². The topological polar surface area (TPSA) is 58.2 Å². The highest BCUT2D eigenvalue weighted by Crippen LogP contribution is 2.24. The van der Waals surface area contributed by atoms with Gasteiger partial charge in [-0.3, -0.25) is 0 Å². The van der Waals surface area contributed by atoms with Crippen molar-refractivity contribution in [1.29, 1.82) is 0 Å². The molecule has 0 amide bonds. The van der Waals surface area contributed by atoms with Crippen LogP contribution in [0.5, 0.6) is 0 Å². The molecule has 2 N–H and O–H groups in total. The Hall–Kier alpha value is -0.620. The Morgan fingerprint density at radius 1 is 1.30 bits per heavy atom. The first-order chi connectivity index (χ1) is 9.08. The monoisotopic (exact) mass is 318 g/mol. The van der Waals surface area contributed by atoms with Crippen molar-refractivity contribution in [3.63, 3.8) is 0 Å². The molecule has 0 aliphatic carbocycles. The van der Waals surface area contributed by atoms with Crippen molar-refractivity contribution in [1.82, 2.24) is 10.0 Å². The first-order valence-electron chi connectivity index (χ1n) is 6.53. The third-order valence-corrected chi connectivity index (χ3v) is 5.22. The summed E-state index contributed by atoms with van der Waals surface area (Å²) >= 11 is 6.11. The minimum atomic E-state index is -3.55. The fraction of sp³-hybridized carbons (Fsp3) is 0.571. The van der Waals surface area contributed by atoms with Gasteiger partial charge in [0.2, 0.25) is 10.0 Å². The average molecular weight is 319 g/mol. The zero-order chi connectivity index (χ0) is 15.6. The van der Waals surface area contributed by atoms with Gasteiger partial charge in [-0.05, 0) is 37.1 Å². The van der Waals surface area contributed by atoms with E-state index in [0.29, 0.717) is 11.6 Å². The summed E-state index contributed by atoms with van der Waals surface area (Å²) in [7, 11) is -1.74. The molecule has 1 atom stereocenters. The summed E-state index contributed by atoms with van der Waals surface area (Å²) < 4.78 is 27.3. The van der Waals surface area contributed by atoms with Crippen LogP contribution in [-0.2, 0) is 16.6 Å². The van der Waals surface area contributed by atoms with Crippen molar-refractivity contribution in [3.05, 3.63) is 28.8 Å². The predicted molar refractivity (Wildman–Crippen MR) is 83.5 cm³/mol. The van der Waals surface area contributed by atoms with Crippen molar-refractivity contribution in [2.24, 2.45) is 5.41 Å². The lowest BCUT2D eigenvalue weighted by molar-refractivity contribution is 0.317. The molecular weight excluding hydrogens is 296 g/mol. The zero-order valence-corrected chi connectivity index (χ0v) is 14.2. The summed E-state index contributed by atoms with van der Waals surface area (Å²) in [5, 5.41) is 3.44. The van der Waals surface area contributed by atoms with Crippen LogP contribution in [0.15, 0.2) is 23.1 Å². The highest BCUT2D eigenvalue weighted by molar-refractivity contribution is 7.89. The lowest BCUT2D eigenvalue weighted by atomic mass is 9.89. The molecule has 0 bridgehead atoms. The third kappa shape index (κ3) is 4.45. The highest BCUT2D eigenvalue weighted by Gasteiger charge is 2.26. The molecule has 1 rings (SSSR count). The van der Waals surface area contributed by atoms with Gasteiger partial charge in [0, 0.05) is 17.6 Å². The minimum Gasteiger partial charge on any atom is -0.316 e. The molecule has 0 radical (unpaired) electrons. The van der Waals surface area contributed by atoms with Crippen molar-refractivity contribution < 1.29 is 8.42 Å². The molecule has 114 valence electrons. The van der Waals surface area contributed by atoms with E-state index in [4.69, 9.17) is 11.6 Å². The molecule has 0 spiro atoms. The van der Waals surface area contributed by atoms with Gasteiger partial charge in [0.25, 0.3) is 0 Å². The number of benzene rings is 1. The van der Waals surface area contributed by atoms with Gasteiger partial charge in [0.05, 0.1) is 4.90 Å². The summed E-state index contributed by atoms with van der Waals surface area (Å²) in [6.45, 7) is 8.43. The molecule has 0 aromatic heterocycles. The molecule has 0 aliphatic rings. The second-order valence-corrected chi connectivity index (χ2v) is 8.11. The second-order valence-electron chi connectivity index (χ2n) is 5.99. The van der Waals surface area contributed by atoms with Gasteiger partial charge in [-0.2, -0.15) is 0 Å². The Morgan fingerprint density at radius 2 is 1.90 bits per heavy atom. The van der Waals surface area contributed by atoms with Gasteiger partial charge < -0.3 is 5.32 Å². The summed E-state index contributed by atoms with van der Waals surface area (Å²) in [5.74, 6) is 0. The van der Waals surface area contributed by atoms with Crippen LogP contribution in [-0.4, -0.2) is 21.5 Å². The van der Waals surface area contributed by atoms with Crippen LogP contribution < -0.4 is 10.0 Å². The molecule has 4 nitrogen and oxygen atoms in total. The molecule has 0 fully saturated rings. The Labute approximate surface area is 127 Å². The van der Waals surface area contributed by atoms with E-state index in [1.165, 1.54) is 6.07 Å². The maximum absolute atomic E-state index is 12.3. The molecule has 6 heteroatoms. The van der Waals surface area contributed by atoms with Crippen LogP contribution in [0.2, 0.25) is 5.02 Å². The van der Waals surface area contributed by atoms with Gasteiger partial charge in [0.15, 0.2) is 0 Å². The summed E-state index contributed by atoms with van der Waals surface area (Å²) in [5.41, 5.74) is 0.722. The van der Waals surface area contributed by atoms with Crippen molar-refractivity contribution >= 4 is 21.6 Å². The highest BCUT2D eigenvalue weighted by atomic mass is 35.5. The van der Waals surface area contributed by atoms with E-state index in [1.54, 1.807) is 12.1 Å². The van der Waals surface area contributed by atoms with Gasteiger partial charge in [-0.25, -0.2) is 13.1 Å². The molecule has 1 unspecified atom stereocenters. The lowest BCUT2D eigenvalue weighted by Crippen LogP contribution is -2.41. The number of nitrogens with one attached hydrogen (secondary N) is 2. The summed E-state index contributed by atoms with van der Waals surface area (Å²) in [6, 6.07) is 4.63. The van der Waals surface area contributed by atoms with Gasteiger partial charge in [0.1, 0.15) is 0 Å². The van der Waals surface area contributed by atoms with Crippen LogP contribution in [0.25, 0.3) is 0 Å². The van der Waals surface area contributed by atoms with Crippen LogP contribution in [0.3, 0.4) is 0 Å². The van der Waals surface area contributed by atoms with E-state index < -0.39 is 10.0 Å². The molecule has 1 aromatic carbocycles. The van der Waals surface area contributed by atoms with Crippen molar-refractivity contribution in [3.8, 4) is 0 Å². The number of hydrogen-bond donors (Lipinski definition) is 2. The summed E-state index contributed by atoms with van der Waals surface area (Å²) in [6.07, 6.45) is 0. The maximum atomic E-state index is 12.3. The van der Waals surface area contributed by atoms with Crippen LogP contribution >= 0.6 is 11.6 Å². The van der Waals surface area contributed by atoms with E-state index in [1.807, 2.05) is 34.7 Å². The molecular formula is C14H23ClN2O2S. The van der Waals surface area contributed by atoms with Crippen LogP contribution in [0, 0.1) is 5.41 Å². The fourth-order valence-corrected chi connectivity index (χ4v) is 3.29. The average Bonchev–Trinajstić information content (AvgIpc) is 2.30. The van der Waals surface area contributed by atoms with E-state index in [9.17, 15) is 8.42 Å². The van der Waals surface area contributed by atoms with Crippen LogP contribution in [0.4, 0.5) is 0 Å². The Balaban J connectivity index is 3.02. The molecule has 1 aromatic rings. The molecule has 0 aliphatic heterocycles. The minimum absolute atomic E-state index is 0.150. The SMILES string of the molecule is CNCc1ccc(S(=O)(=O)NC(C)C(C)(C)C)cc1Cl. The maximum Gasteiger partial charge on any atom is 0.240 e. The quantitative estimate of drug-likeness (QED) is 0.877. The first kappa shape index (κ1) is 17.4. The molecule has 0 saturated heterocycles. The largest absolute Gasteiger partial charge is 0.316 e. The Bertz CT molecular complexity index is 565. The van der Waals surface area contributed by atoms with Crippen molar-refractivity contribution in [2.75, 3.05) is 7.05 Å². The predicted octanol–water partition coefficient (Wildman–Crippen LogP) is 2.77. The van der Waals surface area contributed by atoms with E-state index in [2.05, 4.69) is 10.0 Å². The summed E-state index contributed by atoms with van der Waals surface area (Å²) in [4.78, 5) is 0.193. The number of rotatable bonds is 5.